The van der Waals surface area contributed by atoms with E-state index in [9.17, 15) is 4.79 Å². The Hall–Kier alpha value is -1.59. The van der Waals surface area contributed by atoms with E-state index in [0.29, 0.717) is 0 Å². The molecule has 0 saturated heterocycles. The summed E-state index contributed by atoms with van der Waals surface area (Å²) in [5.74, 6) is 0. The van der Waals surface area contributed by atoms with Crippen molar-refractivity contribution in [2.45, 2.75) is 0 Å². The van der Waals surface area contributed by atoms with E-state index in [-0.39, 0.29) is 0 Å². The summed E-state index contributed by atoms with van der Waals surface area (Å²) < 4.78 is 2.37. The van der Waals surface area contributed by atoms with Crippen molar-refractivity contribution in [1.82, 2.24) is 0 Å². The van der Waals surface area contributed by atoms with E-state index in [1.807, 2.05) is 36.4 Å². The van der Waals surface area contributed by atoms with Crippen LogP contribution in [0.15, 0.2) is 78.9 Å². The van der Waals surface area contributed by atoms with Crippen LogP contribution in [0.1, 0.15) is 5.56 Å². The summed E-state index contributed by atoms with van der Waals surface area (Å²) in [5, 5.41) is 2.08. The van der Waals surface area contributed by atoms with Crippen molar-refractivity contribution in [3.8, 4) is 0 Å². The Kier molecular flexibility index (Phi) is 4.95. The molecule has 1 nitrogen and oxygen atoms in total. The standard InChI is InChI=1S/C19H13ClOTe/c20-19(21)13-18(15-8-2-1-3-9-15)22-17-12-6-10-14-7-4-5-11-16(14)17/h1-13H/b18-13-. The third-order valence-corrected chi connectivity index (χ3v) is 6.66. The first-order valence-corrected chi connectivity index (χ1v) is 9.57. The molecule has 3 rings (SSSR count). The van der Waals surface area contributed by atoms with Crippen LogP contribution >= 0.6 is 11.6 Å². The van der Waals surface area contributed by atoms with E-state index < -0.39 is 26.2 Å². The molecule has 0 spiro atoms. The van der Waals surface area contributed by atoms with Gasteiger partial charge in [-0.15, -0.1) is 0 Å². The minimum atomic E-state index is -0.710. The average Bonchev–Trinajstić information content (AvgIpc) is 2.55. The molecule has 0 heterocycles. The Labute approximate surface area is 144 Å². The quantitative estimate of drug-likeness (QED) is 0.355. The van der Waals surface area contributed by atoms with E-state index >= 15 is 0 Å². The summed E-state index contributed by atoms with van der Waals surface area (Å²) in [6.45, 7) is 0. The van der Waals surface area contributed by atoms with Crippen molar-refractivity contribution in [1.29, 1.82) is 0 Å². The first-order chi connectivity index (χ1) is 10.7. The van der Waals surface area contributed by atoms with Gasteiger partial charge in [0.25, 0.3) is 0 Å². The first kappa shape index (κ1) is 15.3. The zero-order valence-electron chi connectivity index (χ0n) is 11.7. The predicted octanol–water partition coefficient (Wildman–Crippen LogP) is 3.98. The molecule has 0 fully saturated rings. The Balaban J connectivity index is 2.05. The van der Waals surface area contributed by atoms with Crippen molar-refractivity contribution in [3.63, 3.8) is 0 Å². The molecule has 0 bridgehead atoms. The van der Waals surface area contributed by atoms with E-state index in [0.717, 1.165) is 9.18 Å². The molecule has 0 radical (unpaired) electrons. The van der Waals surface area contributed by atoms with Gasteiger partial charge in [0.15, 0.2) is 0 Å². The first-order valence-electron chi connectivity index (χ1n) is 6.86. The third-order valence-electron chi connectivity index (χ3n) is 3.27. The Bertz CT molecular complexity index is 835. The molecule has 0 aliphatic rings. The summed E-state index contributed by atoms with van der Waals surface area (Å²) in [7, 11) is 0. The van der Waals surface area contributed by atoms with Crippen molar-refractivity contribution < 1.29 is 4.79 Å². The summed E-state index contributed by atoms with van der Waals surface area (Å²) in [5.41, 5.74) is 1.08. The molecule has 3 heteroatoms. The van der Waals surface area contributed by atoms with Gasteiger partial charge in [-0.05, 0) is 0 Å². The van der Waals surface area contributed by atoms with Crippen LogP contribution in [0.4, 0.5) is 0 Å². The fourth-order valence-corrected chi connectivity index (χ4v) is 5.73. The molecular formula is C19H13ClOTe. The number of rotatable bonds is 4. The van der Waals surface area contributed by atoms with Crippen LogP contribution in [0, 0.1) is 0 Å². The summed E-state index contributed by atoms with van der Waals surface area (Å²) in [4.78, 5) is 11.4. The SMILES string of the molecule is O=C(Cl)/C=C(\[Te]c1cccc2ccccc12)c1ccccc1. The van der Waals surface area contributed by atoms with Gasteiger partial charge in [0.2, 0.25) is 0 Å². The normalized spacial score (nSPS) is 11.6. The van der Waals surface area contributed by atoms with Crippen molar-refractivity contribution in [3.05, 3.63) is 84.4 Å². The number of hydrogen-bond acceptors (Lipinski definition) is 1. The molecular weight excluding hydrogens is 407 g/mol. The van der Waals surface area contributed by atoms with Crippen LogP contribution < -0.4 is 3.61 Å². The number of hydrogen-bond donors (Lipinski definition) is 0. The number of fused-ring (bicyclic) bond motifs is 1. The second kappa shape index (κ2) is 7.11. The van der Waals surface area contributed by atoms with Gasteiger partial charge in [0, 0.05) is 0 Å². The zero-order chi connectivity index (χ0) is 15.4. The van der Waals surface area contributed by atoms with Crippen LogP contribution in [0.25, 0.3) is 14.4 Å². The van der Waals surface area contributed by atoms with Crippen LogP contribution in [0.2, 0.25) is 0 Å². The fourth-order valence-electron chi connectivity index (χ4n) is 2.28. The van der Waals surface area contributed by atoms with Crippen LogP contribution in [-0.4, -0.2) is 26.2 Å². The van der Waals surface area contributed by atoms with Gasteiger partial charge < -0.3 is 0 Å². The molecule has 0 atom stereocenters. The van der Waals surface area contributed by atoms with Gasteiger partial charge in [-0.3, -0.25) is 0 Å². The molecule has 3 aromatic rings. The molecule has 0 aliphatic heterocycles. The van der Waals surface area contributed by atoms with Crippen LogP contribution in [0.5, 0.6) is 0 Å². The predicted molar refractivity (Wildman–Crippen MR) is 94.6 cm³/mol. The molecule has 108 valence electrons. The molecule has 3 aromatic carbocycles. The maximum absolute atomic E-state index is 11.4. The second-order valence-electron chi connectivity index (χ2n) is 4.76. The monoisotopic (exact) mass is 422 g/mol. The van der Waals surface area contributed by atoms with Crippen molar-refractivity contribution in [2.24, 2.45) is 0 Å². The zero-order valence-corrected chi connectivity index (χ0v) is 14.8. The van der Waals surface area contributed by atoms with E-state index in [1.54, 1.807) is 6.08 Å². The molecule has 0 saturated carbocycles. The molecule has 0 unspecified atom stereocenters. The fraction of sp³-hybridized carbons (Fsp3) is 0. The van der Waals surface area contributed by atoms with E-state index in [2.05, 4.69) is 36.4 Å². The van der Waals surface area contributed by atoms with Crippen LogP contribution in [0.3, 0.4) is 0 Å². The Morgan fingerprint density at radius 1 is 0.864 bits per heavy atom. The van der Waals surface area contributed by atoms with Gasteiger partial charge in [0.1, 0.15) is 0 Å². The number of carbonyl (C=O) groups excluding carboxylic acids is 1. The maximum atomic E-state index is 11.4. The van der Waals surface area contributed by atoms with Gasteiger partial charge in [-0.2, -0.15) is 0 Å². The number of allylic oxidation sites excluding steroid dienone is 1. The topological polar surface area (TPSA) is 17.1 Å². The van der Waals surface area contributed by atoms with Crippen molar-refractivity contribution in [2.75, 3.05) is 0 Å². The van der Waals surface area contributed by atoms with Gasteiger partial charge in [-0.25, -0.2) is 0 Å². The number of benzene rings is 3. The summed E-state index contributed by atoms with van der Waals surface area (Å²) >= 11 is 4.90. The molecule has 0 aliphatic carbocycles. The summed E-state index contributed by atoms with van der Waals surface area (Å²) in [6.07, 6.45) is 1.57. The minimum absolute atomic E-state index is 0.413. The summed E-state index contributed by atoms with van der Waals surface area (Å²) in [6, 6.07) is 24.7. The molecule has 0 amide bonds. The van der Waals surface area contributed by atoms with Gasteiger partial charge in [-0.1, -0.05) is 0 Å². The number of carbonyl (C=O) groups is 1. The molecule has 0 aromatic heterocycles. The van der Waals surface area contributed by atoms with E-state index in [1.165, 1.54) is 14.4 Å². The Morgan fingerprint density at radius 3 is 2.32 bits per heavy atom. The van der Waals surface area contributed by atoms with Gasteiger partial charge in [0.05, 0.1) is 0 Å². The Morgan fingerprint density at radius 2 is 1.55 bits per heavy atom. The van der Waals surface area contributed by atoms with Gasteiger partial charge >= 0.3 is 145 Å². The average molecular weight is 420 g/mol. The van der Waals surface area contributed by atoms with Crippen molar-refractivity contribution >= 4 is 55.8 Å². The second-order valence-corrected chi connectivity index (χ2v) is 8.22. The number of halogens is 1. The molecule has 22 heavy (non-hydrogen) atoms. The molecule has 0 N–H and O–H groups in total. The van der Waals surface area contributed by atoms with E-state index in [4.69, 9.17) is 11.6 Å². The van der Waals surface area contributed by atoms with Crippen LogP contribution in [-0.2, 0) is 4.79 Å². The third kappa shape index (κ3) is 3.59.